The zero-order chi connectivity index (χ0) is 18.0. The van der Waals surface area contributed by atoms with Crippen LogP contribution in [0.5, 0.6) is 0 Å². The van der Waals surface area contributed by atoms with E-state index in [2.05, 4.69) is 9.97 Å². The van der Waals surface area contributed by atoms with Gasteiger partial charge in [-0.3, -0.25) is 13.9 Å². The third-order valence-electron chi connectivity index (χ3n) is 4.48. The van der Waals surface area contributed by atoms with Crippen LogP contribution in [0.15, 0.2) is 39.9 Å². The minimum atomic E-state index is -0.284. The third-order valence-corrected chi connectivity index (χ3v) is 4.48. The second-order valence-electron chi connectivity index (χ2n) is 6.34. The van der Waals surface area contributed by atoms with Crippen LogP contribution in [-0.4, -0.2) is 19.1 Å². The van der Waals surface area contributed by atoms with Gasteiger partial charge in [0.2, 0.25) is 0 Å². The molecule has 25 heavy (non-hydrogen) atoms. The topological polar surface area (TPSA) is 72.7 Å². The predicted molar refractivity (Wildman–Crippen MR) is 99.2 cm³/mol. The van der Waals surface area contributed by atoms with Gasteiger partial charge in [0.15, 0.2) is 5.65 Å². The second-order valence-corrected chi connectivity index (χ2v) is 6.34. The normalized spacial score (nSPS) is 12.6. The highest BCUT2D eigenvalue weighted by Crippen LogP contribution is 2.22. The van der Waals surface area contributed by atoms with Gasteiger partial charge in [-0.15, -0.1) is 0 Å². The molecule has 0 aliphatic rings. The summed E-state index contributed by atoms with van der Waals surface area (Å²) in [6.45, 7) is 6.97. The Labute approximate surface area is 146 Å². The lowest BCUT2D eigenvalue weighted by Crippen LogP contribution is -2.40. The van der Waals surface area contributed by atoms with Gasteiger partial charge in [0.1, 0.15) is 11.3 Å². The quantitative estimate of drug-likeness (QED) is 0.750. The van der Waals surface area contributed by atoms with Crippen molar-refractivity contribution in [3.63, 3.8) is 0 Å². The Balaban J connectivity index is 2.22. The minimum Gasteiger partial charge on any atom is -0.336 e. The van der Waals surface area contributed by atoms with Crippen molar-refractivity contribution >= 4 is 11.2 Å². The van der Waals surface area contributed by atoms with Crippen LogP contribution in [0.4, 0.5) is 0 Å². The summed E-state index contributed by atoms with van der Waals surface area (Å²) < 4.78 is 2.93. The first-order valence-electron chi connectivity index (χ1n) is 8.86. The molecule has 2 aromatic heterocycles. The highest BCUT2D eigenvalue weighted by atomic mass is 16.2. The first-order chi connectivity index (χ1) is 12.1. The molecule has 0 amide bonds. The van der Waals surface area contributed by atoms with Gasteiger partial charge < -0.3 is 4.98 Å². The van der Waals surface area contributed by atoms with E-state index in [4.69, 9.17) is 0 Å². The smallest absolute Gasteiger partial charge is 0.332 e. The number of aryl methyl sites for hydroxylation is 1. The van der Waals surface area contributed by atoms with Gasteiger partial charge >= 0.3 is 5.69 Å². The van der Waals surface area contributed by atoms with Crippen molar-refractivity contribution in [3.05, 3.63) is 62.6 Å². The van der Waals surface area contributed by atoms with E-state index in [0.29, 0.717) is 30.1 Å². The maximum atomic E-state index is 12.7. The van der Waals surface area contributed by atoms with E-state index in [1.54, 1.807) is 4.57 Å². The largest absolute Gasteiger partial charge is 0.336 e. The number of aromatic amines is 1. The summed E-state index contributed by atoms with van der Waals surface area (Å²) in [4.78, 5) is 33.3. The molecule has 0 aliphatic heterocycles. The van der Waals surface area contributed by atoms with Crippen molar-refractivity contribution in [2.75, 3.05) is 0 Å². The van der Waals surface area contributed by atoms with Crippen LogP contribution in [-0.2, 0) is 13.1 Å². The molecule has 0 fully saturated rings. The van der Waals surface area contributed by atoms with Crippen LogP contribution < -0.4 is 11.2 Å². The zero-order valence-corrected chi connectivity index (χ0v) is 15.0. The third kappa shape index (κ3) is 3.04. The van der Waals surface area contributed by atoms with Crippen molar-refractivity contribution in [1.29, 1.82) is 0 Å². The van der Waals surface area contributed by atoms with E-state index in [9.17, 15) is 9.59 Å². The van der Waals surface area contributed by atoms with Gasteiger partial charge in [-0.2, -0.15) is 0 Å². The number of rotatable bonds is 6. The highest BCUT2D eigenvalue weighted by molar-refractivity contribution is 5.70. The number of aromatic nitrogens is 4. The molecule has 0 spiro atoms. The molecular formula is C19H24N4O2. The summed E-state index contributed by atoms with van der Waals surface area (Å²) >= 11 is 0. The van der Waals surface area contributed by atoms with E-state index < -0.39 is 0 Å². The first kappa shape index (κ1) is 17.2. The molecule has 1 atom stereocenters. The Morgan fingerprint density at radius 2 is 1.68 bits per heavy atom. The molecule has 0 saturated heterocycles. The Hall–Kier alpha value is -2.63. The Morgan fingerprint density at radius 1 is 1.04 bits per heavy atom. The van der Waals surface area contributed by atoms with Crippen molar-refractivity contribution in [2.45, 2.75) is 52.6 Å². The number of fused-ring (bicyclic) bond motifs is 1. The number of benzene rings is 1. The first-order valence-corrected chi connectivity index (χ1v) is 8.86. The lowest BCUT2D eigenvalue weighted by molar-refractivity contribution is 0.555. The highest BCUT2D eigenvalue weighted by Gasteiger charge is 2.19. The average molecular weight is 340 g/mol. The Bertz CT molecular complexity index is 982. The van der Waals surface area contributed by atoms with Gasteiger partial charge in [0.25, 0.3) is 5.56 Å². The maximum absolute atomic E-state index is 12.7. The maximum Gasteiger partial charge on any atom is 0.332 e. The van der Waals surface area contributed by atoms with Crippen molar-refractivity contribution < 1.29 is 0 Å². The minimum absolute atomic E-state index is 0.0119. The number of hydrogen-bond acceptors (Lipinski definition) is 3. The summed E-state index contributed by atoms with van der Waals surface area (Å²) in [6, 6.07) is 10.0. The molecule has 3 rings (SSSR count). The van der Waals surface area contributed by atoms with Crippen LogP contribution in [0.3, 0.4) is 0 Å². The molecule has 0 bridgehead atoms. The lowest BCUT2D eigenvalue weighted by Gasteiger charge is -2.09. The number of nitrogens with one attached hydrogen (secondary N) is 1. The molecular weight excluding hydrogens is 316 g/mol. The zero-order valence-electron chi connectivity index (χ0n) is 15.0. The van der Waals surface area contributed by atoms with Crippen LogP contribution >= 0.6 is 0 Å². The lowest BCUT2D eigenvalue weighted by atomic mass is 10.0. The predicted octanol–water partition coefficient (Wildman–Crippen LogP) is 2.86. The van der Waals surface area contributed by atoms with E-state index in [0.717, 1.165) is 18.4 Å². The summed E-state index contributed by atoms with van der Waals surface area (Å²) in [5, 5.41) is 0. The fourth-order valence-corrected chi connectivity index (χ4v) is 3.14. The van der Waals surface area contributed by atoms with Crippen molar-refractivity contribution in [1.82, 2.24) is 19.1 Å². The fraction of sp³-hybridized carbons (Fsp3) is 0.421. The van der Waals surface area contributed by atoms with E-state index in [1.807, 2.05) is 51.1 Å². The Morgan fingerprint density at radius 3 is 2.32 bits per heavy atom. The number of hydrogen-bond donors (Lipinski definition) is 1. The Kier molecular flexibility index (Phi) is 4.88. The molecule has 132 valence electrons. The van der Waals surface area contributed by atoms with E-state index >= 15 is 0 Å². The van der Waals surface area contributed by atoms with Gasteiger partial charge in [0.05, 0.1) is 0 Å². The molecule has 1 aromatic carbocycles. The number of imidazole rings is 1. The van der Waals surface area contributed by atoms with Crippen LogP contribution in [0, 0.1) is 0 Å². The molecule has 1 N–H and O–H groups in total. The molecule has 0 saturated carbocycles. The summed E-state index contributed by atoms with van der Waals surface area (Å²) in [7, 11) is 0. The SMILES string of the molecule is CCCn1c(=O)c2[nH]c([C@@H](C)c3ccccc3)nc2n(CCC)c1=O. The fourth-order valence-electron chi connectivity index (χ4n) is 3.14. The monoisotopic (exact) mass is 340 g/mol. The van der Waals surface area contributed by atoms with E-state index in [-0.39, 0.29) is 17.2 Å². The summed E-state index contributed by atoms with van der Waals surface area (Å²) in [5.41, 5.74) is 1.43. The van der Waals surface area contributed by atoms with Crippen molar-refractivity contribution in [3.8, 4) is 0 Å². The number of nitrogens with zero attached hydrogens (tertiary/aromatic N) is 3. The van der Waals surface area contributed by atoms with Crippen molar-refractivity contribution in [2.24, 2.45) is 0 Å². The van der Waals surface area contributed by atoms with Crippen LogP contribution in [0.1, 0.15) is 50.9 Å². The molecule has 0 aliphatic carbocycles. The summed E-state index contributed by atoms with van der Waals surface area (Å²) in [6.07, 6.45) is 1.53. The van der Waals surface area contributed by atoms with Gasteiger partial charge in [-0.05, 0) is 18.4 Å². The molecule has 3 aromatic rings. The standard InChI is InChI=1S/C19H24N4O2/c1-4-11-22-17-15(18(24)23(12-5-2)19(22)25)20-16(21-17)13(3)14-9-7-6-8-10-14/h6-10,13H,4-5,11-12H2,1-3H3,(H,20,21)/t13-/m0/s1. The van der Waals surface area contributed by atoms with Crippen LogP contribution in [0.2, 0.25) is 0 Å². The van der Waals surface area contributed by atoms with E-state index in [1.165, 1.54) is 4.57 Å². The molecule has 0 unspecified atom stereocenters. The average Bonchev–Trinajstić information content (AvgIpc) is 3.08. The number of H-pyrrole nitrogens is 1. The second kappa shape index (κ2) is 7.09. The molecule has 0 radical (unpaired) electrons. The molecule has 6 nitrogen and oxygen atoms in total. The van der Waals surface area contributed by atoms with Gasteiger partial charge in [-0.1, -0.05) is 51.1 Å². The van der Waals surface area contributed by atoms with Crippen LogP contribution in [0.25, 0.3) is 11.2 Å². The van der Waals surface area contributed by atoms with Gasteiger partial charge in [0, 0.05) is 19.0 Å². The molecule has 6 heteroatoms. The molecule has 2 heterocycles. The van der Waals surface area contributed by atoms with Gasteiger partial charge in [-0.25, -0.2) is 9.78 Å². The summed E-state index contributed by atoms with van der Waals surface area (Å²) in [5.74, 6) is 0.717.